The highest BCUT2D eigenvalue weighted by molar-refractivity contribution is 6.42. The second-order valence-corrected chi connectivity index (χ2v) is 6.31. The molecule has 0 unspecified atom stereocenters. The molecular formula is C17H17Cl2N3O. The predicted molar refractivity (Wildman–Crippen MR) is 91.9 cm³/mol. The standard InChI is InChI=1S/C17H17Cl2N3O/c18-15-5-1-3-14(16(15)19)12-21-7-9-22(10-8-21)17(23)13-4-2-6-20-11-13/h1-6,11H,7-10,12H2. The van der Waals surface area contributed by atoms with Crippen molar-refractivity contribution in [3.8, 4) is 0 Å². The van der Waals surface area contributed by atoms with E-state index in [0.29, 0.717) is 28.7 Å². The van der Waals surface area contributed by atoms with E-state index in [-0.39, 0.29) is 5.91 Å². The average molecular weight is 350 g/mol. The van der Waals surface area contributed by atoms with Gasteiger partial charge in [0.1, 0.15) is 0 Å². The smallest absolute Gasteiger partial charge is 0.255 e. The second kappa shape index (κ2) is 7.30. The number of nitrogens with zero attached hydrogens (tertiary/aromatic N) is 3. The fourth-order valence-corrected chi connectivity index (χ4v) is 3.07. The van der Waals surface area contributed by atoms with Gasteiger partial charge in [-0.3, -0.25) is 14.7 Å². The van der Waals surface area contributed by atoms with Gasteiger partial charge in [-0.25, -0.2) is 0 Å². The predicted octanol–water partition coefficient (Wildman–Crippen LogP) is 3.35. The molecule has 0 atom stereocenters. The van der Waals surface area contributed by atoms with E-state index in [1.54, 1.807) is 30.6 Å². The Morgan fingerprint density at radius 3 is 2.57 bits per heavy atom. The van der Waals surface area contributed by atoms with Crippen LogP contribution in [0.1, 0.15) is 15.9 Å². The van der Waals surface area contributed by atoms with E-state index < -0.39 is 0 Å². The van der Waals surface area contributed by atoms with E-state index in [1.165, 1.54) is 0 Å². The first-order valence-corrected chi connectivity index (χ1v) is 8.25. The van der Waals surface area contributed by atoms with E-state index >= 15 is 0 Å². The van der Waals surface area contributed by atoms with Gasteiger partial charge in [0.2, 0.25) is 0 Å². The Morgan fingerprint density at radius 2 is 1.87 bits per heavy atom. The van der Waals surface area contributed by atoms with E-state index in [2.05, 4.69) is 9.88 Å². The molecule has 1 aromatic heterocycles. The molecule has 4 nitrogen and oxygen atoms in total. The number of carbonyl (C=O) groups excluding carboxylic acids is 1. The zero-order valence-corrected chi connectivity index (χ0v) is 14.1. The van der Waals surface area contributed by atoms with Crippen molar-refractivity contribution in [2.45, 2.75) is 6.54 Å². The van der Waals surface area contributed by atoms with Crippen molar-refractivity contribution >= 4 is 29.1 Å². The summed E-state index contributed by atoms with van der Waals surface area (Å²) in [6.45, 7) is 3.77. The molecule has 0 radical (unpaired) electrons. The Hall–Kier alpha value is -1.62. The van der Waals surface area contributed by atoms with Gasteiger partial charge in [0, 0.05) is 45.1 Å². The van der Waals surface area contributed by atoms with Gasteiger partial charge in [-0.1, -0.05) is 35.3 Å². The summed E-state index contributed by atoms with van der Waals surface area (Å²) in [7, 11) is 0. The maximum Gasteiger partial charge on any atom is 0.255 e. The molecule has 120 valence electrons. The number of piperazine rings is 1. The van der Waals surface area contributed by atoms with Crippen LogP contribution in [0.15, 0.2) is 42.7 Å². The van der Waals surface area contributed by atoms with Crippen molar-refractivity contribution in [1.29, 1.82) is 0 Å². The summed E-state index contributed by atoms with van der Waals surface area (Å²) in [5, 5.41) is 1.19. The first-order valence-electron chi connectivity index (χ1n) is 7.49. The van der Waals surface area contributed by atoms with Crippen LogP contribution >= 0.6 is 23.2 Å². The molecule has 1 saturated heterocycles. The summed E-state index contributed by atoms with van der Waals surface area (Å²) < 4.78 is 0. The SMILES string of the molecule is O=C(c1cccnc1)N1CCN(Cc2cccc(Cl)c2Cl)CC1. The maximum atomic E-state index is 12.4. The number of amides is 1. The van der Waals surface area contributed by atoms with Crippen LogP contribution in [0.2, 0.25) is 10.0 Å². The summed E-state index contributed by atoms with van der Waals surface area (Å²) in [6.07, 6.45) is 3.28. The van der Waals surface area contributed by atoms with Gasteiger partial charge >= 0.3 is 0 Å². The number of hydrogen-bond acceptors (Lipinski definition) is 3. The summed E-state index contributed by atoms with van der Waals surface area (Å²) in [4.78, 5) is 20.5. The van der Waals surface area contributed by atoms with Crippen LogP contribution < -0.4 is 0 Å². The molecule has 0 spiro atoms. The molecule has 0 saturated carbocycles. The summed E-state index contributed by atoms with van der Waals surface area (Å²) >= 11 is 12.3. The van der Waals surface area contributed by atoms with Crippen LogP contribution in [0.5, 0.6) is 0 Å². The fraction of sp³-hybridized carbons (Fsp3) is 0.294. The van der Waals surface area contributed by atoms with Crippen LogP contribution in [0.25, 0.3) is 0 Å². The Labute approximate surface area is 145 Å². The molecule has 0 bridgehead atoms. The molecule has 23 heavy (non-hydrogen) atoms. The van der Waals surface area contributed by atoms with Gasteiger partial charge in [0.05, 0.1) is 15.6 Å². The lowest BCUT2D eigenvalue weighted by molar-refractivity contribution is 0.0628. The minimum atomic E-state index is 0.0403. The second-order valence-electron chi connectivity index (χ2n) is 5.52. The third kappa shape index (κ3) is 3.83. The summed E-state index contributed by atoms with van der Waals surface area (Å²) in [5.74, 6) is 0.0403. The number of hydrogen-bond donors (Lipinski definition) is 0. The van der Waals surface area contributed by atoms with Crippen molar-refractivity contribution in [3.63, 3.8) is 0 Å². The van der Waals surface area contributed by atoms with Crippen molar-refractivity contribution < 1.29 is 4.79 Å². The Morgan fingerprint density at radius 1 is 1.09 bits per heavy atom. The van der Waals surface area contributed by atoms with E-state index in [1.807, 2.05) is 17.0 Å². The third-order valence-corrected chi connectivity index (χ3v) is 4.85. The lowest BCUT2D eigenvalue weighted by Crippen LogP contribution is -2.48. The normalized spacial score (nSPS) is 15.7. The topological polar surface area (TPSA) is 36.4 Å². The molecule has 6 heteroatoms. The minimum Gasteiger partial charge on any atom is -0.336 e. The largest absolute Gasteiger partial charge is 0.336 e. The first kappa shape index (κ1) is 16.2. The maximum absolute atomic E-state index is 12.4. The Kier molecular flexibility index (Phi) is 5.16. The van der Waals surface area contributed by atoms with E-state index in [0.717, 1.165) is 25.2 Å². The van der Waals surface area contributed by atoms with E-state index in [4.69, 9.17) is 23.2 Å². The molecule has 1 amide bonds. The lowest BCUT2D eigenvalue weighted by atomic mass is 10.2. The zero-order chi connectivity index (χ0) is 16.2. The highest BCUT2D eigenvalue weighted by Gasteiger charge is 2.22. The molecule has 1 fully saturated rings. The molecule has 2 heterocycles. The minimum absolute atomic E-state index is 0.0403. The van der Waals surface area contributed by atoms with Gasteiger partial charge in [-0.15, -0.1) is 0 Å². The van der Waals surface area contributed by atoms with Gasteiger partial charge in [-0.2, -0.15) is 0 Å². The highest BCUT2D eigenvalue weighted by Crippen LogP contribution is 2.26. The van der Waals surface area contributed by atoms with Gasteiger partial charge < -0.3 is 4.90 Å². The summed E-state index contributed by atoms with van der Waals surface area (Å²) in [5.41, 5.74) is 1.66. The van der Waals surface area contributed by atoms with Crippen molar-refractivity contribution in [2.75, 3.05) is 26.2 Å². The number of benzene rings is 1. The number of pyridine rings is 1. The molecule has 1 aromatic carbocycles. The van der Waals surface area contributed by atoms with Crippen molar-refractivity contribution in [2.24, 2.45) is 0 Å². The van der Waals surface area contributed by atoms with Gasteiger partial charge in [-0.05, 0) is 23.8 Å². The Balaban J connectivity index is 1.58. The average Bonchev–Trinajstić information content (AvgIpc) is 2.60. The van der Waals surface area contributed by atoms with E-state index in [9.17, 15) is 4.79 Å². The van der Waals surface area contributed by atoms with Crippen molar-refractivity contribution in [3.05, 3.63) is 63.9 Å². The molecule has 0 N–H and O–H groups in total. The fourth-order valence-electron chi connectivity index (χ4n) is 2.69. The molecule has 3 rings (SSSR count). The van der Waals surface area contributed by atoms with Gasteiger partial charge in [0.15, 0.2) is 0 Å². The molecular weight excluding hydrogens is 333 g/mol. The van der Waals surface area contributed by atoms with Crippen LogP contribution in [0.4, 0.5) is 0 Å². The number of halogens is 2. The van der Waals surface area contributed by atoms with Gasteiger partial charge in [0.25, 0.3) is 5.91 Å². The molecule has 2 aromatic rings. The van der Waals surface area contributed by atoms with Crippen LogP contribution in [0, 0.1) is 0 Å². The van der Waals surface area contributed by atoms with Crippen LogP contribution in [0.3, 0.4) is 0 Å². The Bertz CT molecular complexity index is 685. The summed E-state index contributed by atoms with van der Waals surface area (Å²) in [6, 6.07) is 9.27. The molecule has 1 aliphatic heterocycles. The number of rotatable bonds is 3. The van der Waals surface area contributed by atoms with Crippen LogP contribution in [-0.2, 0) is 6.54 Å². The number of carbonyl (C=O) groups is 1. The lowest BCUT2D eigenvalue weighted by Gasteiger charge is -2.35. The van der Waals surface area contributed by atoms with Crippen LogP contribution in [-0.4, -0.2) is 46.9 Å². The quantitative estimate of drug-likeness (QED) is 0.852. The molecule has 0 aliphatic carbocycles. The third-order valence-electron chi connectivity index (χ3n) is 3.99. The van der Waals surface area contributed by atoms with Crippen molar-refractivity contribution in [1.82, 2.24) is 14.8 Å². The monoisotopic (exact) mass is 349 g/mol. The highest BCUT2D eigenvalue weighted by atomic mass is 35.5. The zero-order valence-electron chi connectivity index (χ0n) is 12.6. The number of aromatic nitrogens is 1. The molecule has 1 aliphatic rings. The first-order chi connectivity index (χ1) is 11.1.